The Morgan fingerprint density at radius 2 is 2.19 bits per heavy atom. The van der Waals surface area contributed by atoms with Gasteiger partial charge in [-0.25, -0.2) is 4.98 Å². The fourth-order valence-electron chi connectivity index (χ4n) is 1.49. The summed E-state index contributed by atoms with van der Waals surface area (Å²) in [5, 5.41) is 11.0. The van der Waals surface area contributed by atoms with E-state index in [0.29, 0.717) is 0 Å². The zero-order valence-electron chi connectivity index (χ0n) is 8.38. The molecule has 2 N–H and O–H groups in total. The normalized spacial score (nSPS) is 10.5. The van der Waals surface area contributed by atoms with Gasteiger partial charge in [-0.05, 0) is 12.1 Å². The van der Waals surface area contributed by atoms with Crippen molar-refractivity contribution in [2.75, 3.05) is 5.32 Å². The minimum atomic E-state index is 0.768. The first-order valence-electron chi connectivity index (χ1n) is 4.88. The quantitative estimate of drug-likeness (QED) is 0.681. The lowest BCUT2D eigenvalue weighted by Crippen LogP contribution is -1.93. The first-order valence-corrected chi connectivity index (χ1v) is 4.88. The van der Waals surface area contributed by atoms with E-state index < -0.39 is 0 Å². The van der Waals surface area contributed by atoms with Gasteiger partial charge in [-0.1, -0.05) is 0 Å². The summed E-state index contributed by atoms with van der Waals surface area (Å²) in [5.74, 6) is 0.768. The molecule has 0 atom stereocenters. The molecule has 5 heteroatoms. The summed E-state index contributed by atoms with van der Waals surface area (Å²) in [6.07, 6.45) is 7.00. The van der Waals surface area contributed by atoms with Crippen molar-refractivity contribution in [2.24, 2.45) is 0 Å². The van der Waals surface area contributed by atoms with Crippen LogP contribution in [0.2, 0.25) is 0 Å². The maximum absolute atomic E-state index is 4.28. The molecule has 0 aliphatic rings. The molecule has 0 radical (unpaired) electrons. The summed E-state index contributed by atoms with van der Waals surface area (Å²) in [6.45, 7) is 0. The van der Waals surface area contributed by atoms with Gasteiger partial charge in [-0.3, -0.25) is 10.1 Å². The molecule has 0 saturated heterocycles. The lowest BCUT2D eigenvalue weighted by Gasteiger charge is -2.03. The van der Waals surface area contributed by atoms with Gasteiger partial charge in [0, 0.05) is 23.8 Å². The topological polar surface area (TPSA) is 66.5 Å². The van der Waals surface area contributed by atoms with Crippen molar-refractivity contribution in [2.45, 2.75) is 0 Å². The fourth-order valence-corrected chi connectivity index (χ4v) is 1.49. The van der Waals surface area contributed by atoms with Crippen LogP contribution in [0, 0.1) is 0 Å². The van der Waals surface area contributed by atoms with Gasteiger partial charge in [0.05, 0.1) is 23.6 Å². The Kier molecular flexibility index (Phi) is 2.00. The zero-order chi connectivity index (χ0) is 10.8. The van der Waals surface area contributed by atoms with Gasteiger partial charge in [0.25, 0.3) is 0 Å². The highest BCUT2D eigenvalue weighted by molar-refractivity contribution is 5.80. The summed E-state index contributed by atoms with van der Waals surface area (Å²) in [4.78, 5) is 8.30. The molecule has 3 aromatic heterocycles. The van der Waals surface area contributed by atoms with Crippen molar-refractivity contribution in [3.8, 4) is 0 Å². The van der Waals surface area contributed by atoms with Gasteiger partial charge in [0.2, 0.25) is 0 Å². The molecule has 0 aliphatic carbocycles. The first kappa shape index (κ1) is 8.84. The fraction of sp³-hybridized carbons (Fsp3) is 0. The van der Waals surface area contributed by atoms with Crippen molar-refractivity contribution in [3.63, 3.8) is 0 Å². The third kappa shape index (κ3) is 1.58. The molecule has 78 valence electrons. The summed E-state index contributed by atoms with van der Waals surface area (Å²) in [6, 6.07) is 5.72. The van der Waals surface area contributed by atoms with Gasteiger partial charge >= 0.3 is 0 Å². The minimum absolute atomic E-state index is 0.768. The number of hydrogen-bond donors (Lipinski definition) is 2. The van der Waals surface area contributed by atoms with Crippen molar-refractivity contribution >= 4 is 22.4 Å². The van der Waals surface area contributed by atoms with E-state index in [0.717, 1.165) is 22.4 Å². The van der Waals surface area contributed by atoms with Crippen LogP contribution in [0.25, 0.3) is 10.9 Å². The number of rotatable bonds is 2. The Morgan fingerprint density at radius 1 is 1.19 bits per heavy atom. The van der Waals surface area contributed by atoms with E-state index in [-0.39, 0.29) is 0 Å². The molecule has 16 heavy (non-hydrogen) atoms. The third-order valence-corrected chi connectivity index (χ3v) is 2.26. The number of fused-ring (bicyclic) bond motifs is 1. The molecule has 0 aliphatic heterocycles. The second kappa shape index (κ2) is 3.62. The third-order valence-electron chi connectivity index (χ3n) is 2.26. The number of nitrogens with zero attached hydrogens (tertiary/aromatic N) is 3. The van der Waals surface area contributed by atoms with Crippen LogP contribution >= 0.6 is 0 Å². The molecule has 0 aromatic carbocycles. The van der Waals surface area contributed by atoms with Gasteiger partial charge < -0.3 is 5.32 Å². The minimum Gasteiger partial charge on any atom is -0.339 e. The van der Waals surface area contributed by atoms with Crippen LogP contribution in [0.5, 0.6) is 0 Å². The summed E-state index contributed by atoms with van der Waals surface area (Å²) in [5.41, 5.74) is 1.87. The lowest BCUT2D eigenvalue weighted by molar-refractivity contribution is 1.12. The number of aromatic amines is 1. The highest BCUT2D eigenvalue weighted by Gasteiger charge is 1.99. The number of aromatic nitrogens is 4. The van der Waals surface area contributed by atoms with Crippen molar-refractivity contribution < 1.29 is 0 Å². The van der Waals surface area contributed by atoms with E-state index in [1.54, 1.807) is 24.8 Å². The van der Waals surface area contributed by atoms with Crippen molar-refractivity contribution in [3.05, 3.63) is 43.0 Å². The lowest BCUT2D eigenvalue weighted by atomic mass is 10.3. The van der Waals surface area contributed by atoms with Crippen LogP contribution in [0.1, 0.15) is 0 Å². The van der Waals surface area contributed by atoms with Crippen molar-refractivity contribution in [1.29, 1.82) is 0 Å². The van der Waals surface area contributed by atoms with Gasteiger partial charge in [-0.15, -0.1) is 0 Å². The molecule has 3 aromatic rings. The number of hydrogen-bond acceptors (Lipinski definition) is 4. The van der Waals surface area contributed by atoms with Gasteiger partial charge in [-0.2, -0.15) is 5.10 Å². The SMILES string of the molecule is c1cncc(Nc2cc3[nH]ncc3cn2)c1. The average Bonchev–Trinajstić information content (AvgIpc) is 2.77. The van der Waals surface area contributed by atoms with E-state index in [9.17, 15) is 0 Å². The highest BCUT2D eigenvalue weighted by Crippen LogP contribution is 2.16. The molecule has 0 bridgehead atoms. The standard InChI is InChI=1S/C11H9N5/c1-2-9(7-12-3-1)15-11-4-10-8(5-13-11)6-14-16-10/h1-7H,(H,13,15)(H,14,16). The van der Waals surface area contributed by atoms with E-state index >= 15 is 0 Å². The van der Waals surface area contributed by atoms with E-state index in [4.69, 9.17) is 0 Å². The second-order valence-corrected chi connectivity index (χ2v) is 3.39. The van der Waals surface area contributed by atoms with Crippen LogP contribution in [-0.4, -0.2) is 20.2 Å². The van der Waals surface area contributed by atoms with E-state index in [1.165, 1.54) is 0 Å². The second-order valence-electron chi connectivity index (χ2n) is 3.39. The Morgan fingerprint density at radius 3 is 3.06 bits per heavy atom. The molecule has 5 nitrogen and oxygen atoms in total. The zero-order valence-corrected chi connectivity index (χ0v) is 8.38. The Labute approximate surface area is 91.6 Å². The number of H-pyrrole nitrogens is 1. The largest absolute Gasteiger partial charge is 0.339 e. The molecular formula is C11H9N5. The molecule has 0 fully saturated rings. The van der Waals surface area contributed by atoms with E-state index in [1.807, 2.05) is 18.2 Å². The predicted molar refractivity (Wildman–Crippen MR) is 61.4 cm³/mol. The summed E-state index contributed by atoms with van der Waals surface area (Å²) in [7, 11) is 0. The highest BCUT2D eigenvalue weighted by atomic mass is 15.1. The van der Waals surface area contributed by atoms with Crippen LogP contribution < -0.4 is 5.32 Å². The molecule has 0 spiro atoms. The Balaban J connectivity index is 1.94. The first-order chi connectivity index (χ1) is 7.92. The molecule has 0 unspecified atom stereocenters. The van der Waals surface area contributed by atoms with Crippen molar-refractivity contribution in [1.82, 2.24) is 20.2 Å². The maximum atomic E-state index is 4.28. The predicted octanol–water partition coefficient (Wildman–Crippen LogP) is 2.10. The maximum Gasteiger partial charge on any atom is 0.132 e. The number of pyridine rings is 2. The Hall–Kier alpha value is -2.43. The summed E-state index contributed by atoms with van der Waals surface area (Å²) >= 11 is 0. The van der Waals surface area contributed by atoms with Crippen LogP contribution in [0.4, 0.5) is 11.5 Å². The van der Waals surface area contributed by atoms with Crippen LogP contribution in [-0.2, 0) is 0 Å². The smallest absolute Gasteiger partial charge is 0.132 e. The molecular weight excluding hydrogens is 202 g/mol. The van der Waals surface area contributed by atoms with E-state index in [2.05, 4.69) is 25.5 Å². The average molecular weight is 211 g/mol. The molecule has 0 saturated carbocycles. The monoisotopic (exact) mass is 211 g/mol. The number of anilines is 2. The van der Waals surface area contributed by atoms with Crippen LogP contribution in [0.15, 0.2) is 43.0 Å². The molecule has 3 rings (SSSR count). The molecule has 0 amide bonds. The van der Waals surface area contributed by atoms with Gasteiger partial charge in [0.1, 0.15) is 5.82 Å². The summed E-state index contributed by atoms with van der Waals surface area (Å²) < 4.78 is 0. The molecule has 3 heterocycles. The van der Waals surface area contributed by atoms with Crippen LogP contribution in [0.3, 0.4) is 0 Å². The van der Waals surface area contributed by atoms with Gasteiger partial charge in [0.15, 0.2) is 0 Å². The number of nitrogens with one attached hydrogen (secondary N) is 2. The Bertz CT molecular complexity index is 602.